The van der Waals surface area contributed by atoms with Gasteiger partial charge in [0.1, 0.15) is 17.2 Å². The number of nitrogens with one attached hydrogen (secondary N) is 3. The van der Waals surface area contributed by atoms with Crippen molar-refractivity contribution in [3.63, 3.8) is 0 Å². The first-order valence-corrected chi connectivity index (χ1v) is 14.0. The van der Waals surface area contributed by atoms with Gasteiger partial charge < -0.3 is 20.4 Å². The number of carbonyl (C=O) groups is 1. The van der Waals surface area contributed by atoms with Crippen LogP contribution in [0.15, 0.2) is 66.9 Å². The van der Waals surface area contributed by atoms with E-state index in [1.165, 1.54) is 17.7 Å². The van der Waals surface area contributed by atoms with Crippen LogP contribution in [-0.4, -0.2) is 34.1 Å². The zero-order valence-corrected chi connectivity index (χ0v) is 22.3. The van der Waals surface area contributed by atoms with Crippen LogP contribution in [0.25, 0.3) is 33.2 Å². The molecule has 1 aliphatic rings. The zero-order valence-electron chi connectivity index (χ0n) is 22.3. The van der Waals surface area contributed by atoms with Gasteiger partial charge in [0, 0.05) is 53.2 Å². The van der Waals surface area contributed by atoms with Gasteiger partial charge in [-0.25, -0.2) is 14.2 Å². The van der Waals surface area contributed by atoms with E-state index in [0.717, 1.165) is 96.1 Å². The molecule has 8 heteroatoms. The largest absolute Gasteiger partial charge is 0.412 e. The molecule has 0 spiro atoms. The van der Waals surface area contributed by atoms with Crippen LogP contribution in [0.4, 0.5) is 14.9 Å². The second-order valence-electron chi connectivity index (χ2n) is 10.2. The first-order chi connectivity index (χ1) is 19.6. The average Bonchev–Trinajstić information content (AvgIpc) is 3.41. The molecule has 0 saturated heterocycles. The first kappa shape index (κ1) is 25.8. The molecule has 3 aromatic heterocycles. The maximum absolute atomic E-state index is 13.8. The molecule has 0 unspecified atom stereocenters. The van der Waals surface area contributed by atoms with Crippen LogP contribution >= 0.6 is 0 Å². The van der Waals surface area contributed by atoms with Gasteiger partial charge in [-0.15, -0.1) is 0 Å². The molecule has 1 aliphatic carbocycles. The monoisotopic (exact) mass is 537 g/mol. The molecule has 6 rings (SSSR count). The molecule has 40 heavy (non-hydrogen) atoms. The number of nitrogens with zero attached hydrogens (tertiary/aromatic N) is 2. The van der Waals surface area contributed by atoms with E-state index in [9.17, 15) is 9.18 Å². The molecule has 0 saturated carbocycles. The van der Waals surface area contributed by atoms with Crippen molar-refractivity contribution in [1.82, 2.24) is 20.3 Å². The second-order valence-corrected chi connectivity index (χ2v) is 10.2. The fourth-order valence-corrected chi connectivity index (χ4v) is 5.39. The van der Waals surface area contributed by atoms with Crippen LogP contribution in [0.2, 0.25) is 0 Å². The van der Waals surface area contributed by atoms with Crippen LogP contribution in [0.3, 0.4) is 0 Å². The summed E-state index contributed by atoms with van der Waals surface area (Å²) in [6.45, 7) is 1.36. The third-order valence-electron chi connectivity index (χ3n) is 7.42. The Bertz CT molecular complexity index is 1610. The van der Waals surface area contributed by atoms with E-state index in [-0.39, 0.29) is 5.82 Å². The quantitative estimate of drug-likeness (QED) is 0.173. The first-order valence-electron chi connectivity index (χ1n) is 14.0. The number of aryl methyl sites for hydroxylation is 1. The highest BCUT2D eigenvalue weighted by Gasteiger charge is 2.18. The molecule has 7 nitrogen and oxygen atoms in total. The number of H-pyrrole nitrogens is 1. The summed E-state index contributed by atoms with van der Waals surface area (Å²) in [6.07, 6.45) is 8.32. The highest BCUT2D eigenvalue weighted by molar-refractivity contribution is 5.93. The topological polar surface area (TPSA) is 91.9 Å². The molecular weight excluding hydrogens is 505 g/mol. The predicted molar refractivity (Wildman–Crippen MR) is 156 cm³/mol. The van der Waals surface area contributed by atoms with Gasteiger partial charge in [0.15, 0.2) is 0 Å². The van der Waals surface area contributed by atoms with Crippen molar-refractivity contribution in [2.24, 2.45) is 0 Å². The Morgan fingerprint density at radius 2 is 1.82 bits per heavy atom. The number of aromatic nitrogens is 3. The minimum Gasteiger partial charge on any atom is -0.410 e. The van der Waals surface area contributed by atoms with E-state index in [0.29, 0.717) is 12.3 Å². The van der Waals surface area contributed by atoms with Gasteiger partial charge in [0.2, 0.25) is 0 Å². The Morgan fingerprint density at radius 3 is 2.70 bits per heavy atom. The van der Waals surface area contributed by atoms with Crippen molar-refractivity contribution >= 4 is 33.7 Å². The molecule has 3 heterocycles. The normalized spacial score (nSPS) is 12.8. The second kappa shape index (κ2) is 11.7. The number of ether oxygens (including phenoxy) is 1. The number of fused-ring (bicyclic) bond motifs is 3. The fraction of sp³-hybridized carbons (Fsp3) is 0.281. The maximum Gasteiger partial charge on any atom is 0.412 e. The molecule has 5 aromatic rings. The molecule has 2 aromatic carbocycles. The van der Waals surface area contributed by atoms with Crippen LogP contribution in [0, 0.1) is 5.82 Å². The number of amides is 1. The number of rotatable bonds is 9. The number of pyridine rings is 2. The van der Waals surface area contributed by atoms with Crippen molar-refractivity contribution in [3.05, 3.63) is 83.9 Å². The summed E-state index contributed by atoms with van der Waals surface area (Å²) in [6, 6.07) is 18.2. The van der Waals surface area contributed by atoms with Crippen molar-refractivity contribution in [2.75, 3.05) is 18.4 Å². The number of aromatic amines is 1. The van der Waals surface area contributed by atoms with Crippen LogP contribution in [-0.2, 0) is 12.8 Å². The highest BCUT2D eigenvalue weighted by Crippen LogP contribution is 2.33. The van der Waals surface area contributed by atoms with E-state index >= 15 is 0 Å². The lowest BCUT2D eigenvalue weighted by molar-refractivity contribution is 0.200. The Morgan fingerprint density at radius 1 is 0.975 bits per heavy atom. The van der Waals surface area contributed by atoms with E-state index in [4.69, 9.17) is 9.72 Å². The Balaban J connectivity index is 0.943. The molecule has 0 radical (unpaired) electrons. The van der Waals surface area contributed by atoms with Crippen LogP contribution in [0.5, 0.6) is 5.75 Å². The van der Waals surface area contributed by atoms with Crippen molar-refractivity contribution in [1.29, 1.82) is 0 Å². The Labute approximate surface area is 232 Å². The lowest BCUT2D eigenvalue weighted by Gasteiger charge is -2.21. The molecule has 0 fully saturated rings. The van der Waals surface area contributed by atoms with Crippen molar-refractivity contribution < 1.29 is 13.9 Å². The number of halogens is 1. The highest BCUT2D eigenvalue weighted by atomic mass is 19.1. The lowest BCUT2D eigenvalue weighted by Crippen LogP contribution is -2.27. The SMILES string of the molecule is O=C(NCCCCCNc1c2c(nc3cc(F)ccc13)CCCC2)Oc1ccc(-c2cc3cccnc3[nH]2)cc1. The number of anilines is 1. The summed E-state index contributed by atoms with van der Waals surface area (Å²) in [5.41, 5.74) is 7.00. The van der Waals surface area contributed by atoms with Gasteiger partial charge in [-0.2, -0.15) is 0 Å². The van der Waals surface area contributed by atoms with Gasteiger partial charge in [-0.3, -0.25) is 4.98 Å². The fourth-order valence-electron chi connectivity index (χ4n) is 5.39. The number of unbranched alkanes of at least 4 members (excludes halogenated alkanes) is 2. The Hall–Kier alpha value is -4.46. The molecule has 0 atom stereocenters. The van der Waals surface area contributed by atoms with Gasteiger partial charge >= 0.3 is 6.09 Å². The van der Waals surface area contributed by atoms with Crippen molar-refractivity contribution in [3.8, 4) is 17.0 Å². The Kier molecular flexibility index (Phi) is 7.57. The van der Waals surface area contributed by atoms with E-state index in [2.05, 4.69) is 26.7 Å². The summed E-state index contributed by atoms with van der Waals surface area (Å²) in [5.74, 6) is 0.236. The number of benzene rings is 2. The van der Waals surface area contributed by atoms with Gasteiger partial charge in [0.05, 0.1) is 5.52 Å². The molecular formula is C32H32FN5O2. The molecule has 0 aliphatic heterocycles. The van der Waals surface area contributed by atoms with E-state index < -0.39 is 6.09 Å². The smallest absolute Gasteiger partial charge is 0.410 e. The summed E-state index contributed by atoms with van der Waals surface area (Å²) in [7, 11) is 0. The maximum atomic E-state index is 13.8. The minimum atomic E-state index is -0.456. The van der Waals surface area contributed by atoms with E-state index in [1.54, 1.807) is 18.3 Å². The predicted octanol–water partition coefficient (Wildman–Crippen LogP) is 7.17. The molecule has 1 amide bonds. The summed E-state index contributed by atoms with van der Waals surface area (Å²) >= 11 is 0. The van der Waals surface area contributed by atoms with Crippen LogP contribution < -0.4 is 15.4 Å². The number of hydrogen-bond acceptors (Lipinski definition) is 5. The van der Waals surface area contributed by atoms with Gasteiger partial charge in [-0.05, 0) is 111 Å². The summed E-state index contributed by atoms with van der Waals surface area (Å²) in [4.78, 5) is 24.6. The van der Waals surface area contributed by atoms with Crippen molar-refractivity contribution in [2.45, 2.75) is 44.9 Å². The van der Waals surface area contributed by atoms with Crippen LogP contribution in [0.1, 0.15) is 43.4 Å². The third-order valence-corrected chi connectivity index (χ3v) is 7.42. The zero-order chi connectivity index (χ0) is 27.3. The average molecular weight is 538 g/mol. The van der Waals surface area contributed by atoms with E-state index in [1.807, 2.05) is 30.3 Å². The molecule has 204 valence electrons. The molecule has 0 bridgehead atoms. The summed E-state index contributed by atoms with van der Waals surface area (Å²) in [5, 5.41) is 8.48. The summed E-state index contributed by atoms with van der Waals surface area (Å²) < 4.78 is 19.3. The lowest BCUT2D eigenvalue weighted by atomic mass is 9.92. The van der Waals surface area contributed by atoms with Gasteiger partial charge in [0.25, 0.3) is 0 Å². The number of carbonyl (C=O) groups excluding carboxylic acids is 1. The van der Waals surface area contributed by atoms with Gasteiger partial charge in [-0.1, -0.05) is 0 Å². The minimum absolute atomic E-state index is 0.257. The standard InChI is InChI=1S/C32H32FN5O2/c33-23-12-15-26-29(20-23)37-27-9-3-2-8-25(27)30(26)34-16-4-1-5-17-36-32(39)40-24-13-10-21(11-14-24)28-19-22-7-6-18-35-31(22)38-28/h6-7,10-15,18-20H,1-5,8-9,16-17H2,(H,34,37)(H,35,38)(H,36,39). The number of hydrogen-bond donors (Lipinski definition) is 3. The molecule has 3 N–H and O–H groups in total. The third kappa shape index (κ3) is 5.76.